The van der Waals surface area contributed by atoms with Crippen LogP contribution in [0.5, 0.6) is 0 Å². The van der Waals surface area contributed by atoms with E-state index in [9.17, 15) is 9.59 Å². The molecule has 2 amide bonds. The van der Waals surface area contributed by atoms with Gasteiger partial charge in [-0.05, 0) is 76.5 Å². The largest absolute Gasteiger partial charge is 0.277 e. The molecule has 4 aliphatic carbocycles. The van der Waals surface area contributed by atoms with Crippen molar-refractivity contribution in [1.82, 2.24) is 4.90 Å². The molecule has 0 aromatic rings. The molecule has 2 unspecified atom stereocenters. The standard InChI is InChI=1S/C19H27NO2S/c1-18(2,3)20-16(21)14-9-23-19(15(14)17(20)22)12-5-10-4-11(7-12)8-13(19)6-10/h10-15H,4-9H2,1-3H3. The summed E-state index contributed by atoms with van der Waals surface area (Å²) in [5, 5.41) is 0. The number of rotatable bonds is 0. The number of amides is 2. The van der Waals surface area contributed by atoms with E-state index in [4.69, 9.17) is 0 Å². The van der Waals surface area contributed by atoms with E-state index in [1.54, 1.807) is 4.90 Å². The maximum Gasteiger partial charge on any atom is 0.235 e. The number of carbonyl (C=O) groups excluding carboxylic acids is 2. The molecule has 6 fully saturated rings. The summed E-state index contributed by atoms with van der Waals surface area (Å²) in [4.78, 5) is 27.9. The Bertz CT molecular complexity index is 565. The molecule has 0 N–H and O–H groups in total. The third-order valence-electron chi connectivity index (χ3n) is 7.51. The molecule has 23 heavy (non-hydrogen) atoms. The molecular weight excluding hydrogens is 306 g/mol. The molecule has 2 atom stereocenters. The summed E-state index contributed by atoms with van der Waals surface area (Å²) in [6, 6.07) is 0. The van der Waals surface area contributed by atoms with Gasteiger partial charge >= 0.3 is 0 Å². The summed E-state index contributed by atoms with van der Waals surface area (Å²) in [6.45, 7) is 6.00. The number of thioether (sulfide) groups is 1. The van der Waals surface area contributed by atoms with Gasteiger partial charge in [0, 0.05) is 16.0 Å². The lowest BCUT2D eigenvalue weighted by atomic mass is 9.48. The number of hydrogen-bond acceptors (Lipinski definition) is 3. The van der Waals surface area contributed by atoms with Crippen LogP contribution in [-0.4, -0.2) is 32.8 Å². The van der Waals surface area contributed by atoms with Crippen LogP contribution < -0.4 is 0 Å². The summed E-state index contributed by atoms with van der Waals surface area (Å²) in [5.41, 5.74) is -0.379. The molecule has 4 bridgehead atoms. The molecule has 2 aliphatic heterocycles. The minimum Gasteiger partial charge on any atom is -0.277 e. The van der Waals surface area contributed by atoms with Crippen molar-refractivity contribution in [3.05, 3.63) is 0 Å². The minimum absolute atomic E-state index is 0.0192. The fourth-order valence-corrected chi connectivity index (χ4v) is 9.16. The third kappa shape index (κ3) is 1.69. The van der Waals surface area contributed by atoms with Crippen molar-refractivity contribution >= 4 is 23.6 Å². The molecule has 0 aromatic heterocycles. The van der Waals surface area contributed by atoms with E-state index in [1.165, 1.54) is 32.1 Å². The first kappa shape index (κ1) is 14.8. The van der Waals surface area contributed by atoms with E-state index in [1.807, 2.05) is 32.5 Å². The van der Waals surface area contributed by atoms with Crippen LogP contribution in [0.3, 0.4) is 0 Å². The second-order valence-electron chi connectivity index (χ2n) is 9.74. The summed E-state index contributed by atoms with van der Waals surface area (Å²) in [7, 11) is 0. The second kappa shape index (κ2) is 4.36. The molecule has 6 rings (SSSR count). The van der Waals surface area contributed by atoms with Gasteiger partial charge in [0.1, 0.15) is 0 Å². The van der Waals surface area contributed by atoms with Crippen molar-refractivity contribution in [2.45, 2.75) is 63.2 Å². The van der Waals surface area contributed by atoms with Gasteiger partial charge in [0.05, 0.1) is 11.8 Å². The first-order valence-electron chi connectivity index (χ1n) is 9.34. The fourth-order valence-electron chi connectivity index (χ4n) is 7.05. The lowest BCUT2D eigenvalue weighted by molar-refractivity contribution is -0.146. The van der Waals surface area contributed by atoms with E-state index in [0.717, 1.165) is 17.6 Å². The van der Waals surface area contributed by atoms with Crippen molar-refractivity contribution in [3.63, 3.8) is 0 Å². The van der Waals surface area contributed by atoms with E-state index in [0.29, 0.717) is 11.8 Å². The predicted molar refractivity (Wildman–Crippen MR) is 90.8 cm³/mol. The molecule has 2 saturated heterocycles. The van der Waals surface area contributed by atoms with Gasteiger partial charge in [-0.3, -0.25) is 14.5 Å². The smallest absolute Gasteiger partial charge is 0.235 e. The van der Waals surface area contributed by atoms with Crippen molar-refractivity contribution in [2.75, 3.05) is 5.75 Å². The summed E-state index contributed by atoms with van der Waals surface area (Å²) < 4.78 is 0.102. The van der Waals surface area contributed by atoms with Gasteiger partial charge in [0.25, 0.3) is 0 Å². The second-order valence-corrected chi connectivity index (χ2v) is 11.1. The summed E-state index contributed by atoms with van der Waals surface area (Å²) in [5.74, 6) is 4.30. The van der Waals surface area contributed by atoms with Crippen LogP contribution in [0.4, 0.5) is 0 Å². The Morgan fingerprint density at radius 2 is 1.52 bits per heavy atom. The van der Waals surface area contributed by atoms with Gasteiger partial charge in [0.15, 0.2) is 0 Å². The maximum atomic E-state index is 13.3. The van der Waals surface area contributed by atoms with Gasteiger partial charge in [-0.1, -0.05) is 0 Å². The van der Waals surface area contributed by atoms with Crippen LogP contribution in [0, 0.1) is 35.5 Å². The average molecular weight is 333 g/mol. The maximum absolute atomic E-state index is 13.3. The zero-order chi connectivity index (χ0) is 16.1. The number of likely N-dealkylation sites (tertiary alicyclic amines) is 1. The van der Waals surface area contributed by atoms with Crippen LogP contribution >= 0.6 is 11.8 Å². The zero-order valence-corrected chi connectivity index (χ0v) is 15.2. The third-order valence-corrected chi connectivity index (χ3v) is 9.46. The molecule has 0 aromatic carbocycles. The molecule has 2 heterocycles. The van der Waals surface area contributed by atoms with E-state index in [2.05, 4.69) is 0 Å². The van der Waals surface area contributed by atoms with Crippen LogP contribution in [0.1, 0.15) is 52.9 Å². The SMILES string of the molecule is CC(C)(C)N1C(=O)C2CSC3(C4CC5CC(C4)CC3C5)C2C1=O. The zero-order valence-electron chi connectivity index (χ0n) is 14.4. The molecule has 3 nitrogen and oxygen atoms in total. The van der Waals surface area contributed by atoms with Gasteiger partial charge in [-0.25, -0.2) is 0 Å². The van der Waals surface area contributed by atoms with Gasteiger partial charge in [-0.15, -0.1) is 0 Å². The van der Waals surface area contributed by atoms with Crippen LogP contribution in [0.15, 0.2) is 0 Å². The Kier molecular flexibility index (Phi) is 2.81. The Morgan fingerprint density at radius 3 is 2.04 bits per heavy atom. The Labute approximate surface area is 142 Å². The first-order valence-corrected chi connectivity index (χ1v) is 10.3. The fraction of sp³-hybridized carbons (Fsp3) is 0.895. The first-order chi connectivity index (χ1) is 10.8. The number of fused-ring (bicyclic) bond motifs is 1. The minimum atomic E-state index is -0.379. The molecule has 0 radical (unpaired) electrons. The van der Waals surface area contributed by atoms with Gasteiger partial charge in [-0.2, -0.15) is 11.8 Å². The molecule has 4 heteroatoms. The topological polar surface area (TPSA) is 37.4 Å². The highest BCUT2D eigenvalue weighted by atomic mass is 32.2. The van der Waals surface area contributed by atoms with E-state index < -0.39 is 0 Å². The molecular formula is C19H27NO2S. The summed E-state index contributed by atoms with van der Waals surface area (Å²) >= 11 is 2.02. The average Bonchev–Trinajstić information content (AvgIpc) is 2.94. The van der Waals surface area contributed by atoms with Crippen molar-refractivity contribution in [2.24, 2.45) is 35.5 Å². The van der Waals surface area contributed by atoms with Crippen molar-refractivity contribution < 1.29 is 9.59 Å². The number of hydrogen-bond donors (Lipinski definition) is 0. The lowest BCUT2D eigenvalue weighted by Crippen LogP contribution is -2.60. The number of imide groups is 1. The van der Waals surface area contributed by atoms with Crippen molar-refractivity contribution in [3.8, 4) is 0 Å². The molecule has 4 saturated carbocycles. The highest BCUT2D eigenvalue weighted by Gasteiger charge is 2.70. The highest BCUT2D eigenvalue weighted by molar-refractivity contribution is 8.01. The normalized spacial score (nSPS) is 51.2. The van der Waals surface area contributed by atoms with Crippen LogP contribution in [0.25, 0.3) is 0 Å². The quantitative estimate of drug-likeness (QED) is 0.638. The monoisotopic (exact) mass is 333 g/mol. The Hall–Kier alpha value is -0.510. The lowest BCUT2D eigenvalue weighted by Gasteiger charge is -2.61. The van der Waals surface area contributed by atoms with Crippen LogP contribution in [0.2, 0.25) is 0 Å². The summed E-state index contributed by atoms with van der Waals surface area (Å²) in [6.07, 6.45) is 6.71. The highest BCUT2D eigenvalue weighted by Crippen LogP contribution is 2.70. The van der Waals surface area contributed by atoms with Crippen molar-refractivity contribution in [1.29, 1.82) is 0 Å². The number of nitrogens with zero attached hydrogens (tertiary/aromatic N) is 1. The van der Waals surface area contributed by atoms with E-state index in [-0.39, 0.29) is 33.9 Å². The van der Waals surface area contributed by atoms with Crippen LogP contribution in [-0.2, 0) is 9.59 Å². The van der Waals surface area contributed by atoms with E-state index >= 15 is 0 Å². The van der Waals surface area contributed by atoms with Gasteiger partial charge < -0.3 is 0 Å². The predicted octanol–water partition coefficient (Wildman–Crippen LogP) is 3.33. The molecule has 126 valence electrons. The molecule has 6 aliphatic rings. The van der Waals surface area contributed by atoms with Gasteiger partial charge in [0.2, 0.25) is 11.8 Å². The number of carbonyl (C=O) groups is 2. The Balaban J connectivity index is 1.57. The Morgan fingerprint density at radius 1 is 0.957 bits per heavy atom. The molecule has 1 spiro atoms.